The van der Waals surface area contributed by atoms with Gasteiger partial charge in [-0.1, -0.05) is 42.5 Å². The van der Waals surface area contributed by atoms with Crippen molar-refractivity contribution in [1.82, 2.24) is 0 Å². The maximum atomic E-state index is 13.3. The van der Waals surface area contributed by atoms with Crippen LogP contribution in [0.25, 0.3) is 0 Å². The largest absolute Gasteiger partial charge is 0.410 e. The SMILES string of the molecule is NC1(N)C=CC(Cc2ccccc2)=CC1(C(F)(F)F)C(F)(F)F. The molecule has 0 saturated heterocycles. The van der Waals surface area contributed by atoms with E-state index in [1.165, 1.54) is 0 Å². The van der Waals surface area contributed by atoms with E-state index in [9.17, 15) is 26.3 Å². The van der Waals surface area contributed by atoms with Crippen molar-refractivity contribution < 1.29 is 26.3 Å². The Morgan fingerprint density at radius 2 is 1.39 bits per heavy atom. The minimum Gasteiger partial charge on any atom is -0.309 e. The van der Waals surface area contributed by atoms with Gasteiger partial charge in [0.25, 0.3) is 0 Å². The van der Waals surface area contributed by atoms with Crippen LogP contribution in [-0.2, 0) is 6.42 Å². The first-order valence-corrected chi connectivity index (χ1v) is 6.57. The van der Waals surface area contributed by atoms with Gasteiger partial charge in [0.05, 0.1) is 0 Å². The van der Waals surface area contributed by atoms with Crippen molar-refractivity contribution in [1.29, 1.82) is 0 Å². The number of allylic oxidation sites excluding steroid dienone is 2. The third-order valence-electron chi connectivity index (χ3n) is 3.80. The van der Waals surface area contributed by atoms with Gasteiger partial charge in [-0.05, 0) is 23.6 Å². The Hall–Kier alpha value is -1.80. The molecule has 4 N–H and O–H groups in total. The lowest BCUT2D eigenvalue weighted by Crippen LogP contribution is -2.72. The van der Waals surface area contributed by atoms with Crippen molar-refractivity contribution in [2.75, 3.05) is 0 Å². The van der Waals surface area contributed by atoms with Crippen LogP contribution in [0.4, 0.5) is 26.3 Å². The number of hydrogen-bond donors (Lipinski definition) is 2. The van der Waals surface area contributed by atoms with E-state index in [0.29, 0.717) is 11.6 Å². The van der Waals surface area contributed by atoms with Crippen LogP contribution in [0.3, 0.4) is 0 Å². The summed E-state index contributed by atoms with van der Waals surface area (Å²) in [6.07, 6.45) is -9.72. The second-order valence-electron chi connectivity index (χ2n) is 5.45. The second-order valence-corrected chi connectivity index (χ2v) is 5.45. The van der Waals surface area contributed by atoms with E-state index < -0.39 is 23.4 Å². The predicted octanol–water partition coefficient (Wildman–Crippen LogP) is 3.45. The Morgan fingerprint density at radius 3 is 1.87 bits per heavy atom. The van der Waals surface area contributed by atoms with Gasteiger partial charge in [-0.2, -0.15) is 26.3 Å². The molecule has 1 aromatic carbocycles. The van der Waals surface area contributed by atoms with Gasteiger partial charge in [0.1, 0.15) is 5.66 Å². The highest BCUT2D eigenvalue weighted by Gasteiger charge is 2.76. The van der Waals surface area contributed by atoms with Crippen LogP contribution in [0.5, 0.6) is 0 Å². The highest BCUT2D eigenvalue weighted by atomic mass is 19.4. The minimum absolute atomic E-state index is 0.0959. The monoisotopic (exact) mass is 336 g/mol. The topological polar surface area (TPSA) is 52.0 Å². The summed E-state index contributed by atoms with van der Waals surface area (Å²) in [5.74, 6) is 0. The van der Waals surface area contributed by atoms with E-state index >= 15 is 0 Å². The molecule has 0 unspecified atom stereocenters. The van der Waals surface area contributed by atoms with E-state index in [0.717, 1.165) is 6.08 Å². The van der Waals surface area contributed by atoms with Crippen molar-refractivity contribution in [2.45, 2.75) is 24.4 Å². The Kier molecular flexibility index (Phi) is 4.11. The molecule has 0 heterocycles. The fraction of sp³-hybridized carbons (Fsp3) is 0.333. The summed E-state index contributed by atoms with van der Waals surface area (Å²) < 4.78 is 80.1. The lowest BCUT2D eigenvalue weighted by Gasteiger charge is -2.46. The molecule has 0 spiro atoms. The number of alkyl halides is 6. The molecular weight excluding hydrogens is 322 g/mol. The van der Waals surface area contributed by atoms with Crippen molar-refractivity contribution in [3.05, 3.63) is 59.7 Å². The van der Waals surface area contributed by atoms with Crippen LogP contribution >= 0.6 is 0 Å². The molecular formula is C15H14F6N2. The quantitative estimate of drug-likeness (QED) is 0.642. The number of benzene rings is 1. The third kappa shape index (κ3) is 2.88. The lowest BCUT2D eigenvalue weighted by atomic mass is 9.69. The Morgan fingerprint density at radius 1 is 0.870 bits per heavy atom. The maximum Gasteiger partial charge on any atom is 0.410 e. The fourth-order valence-electron chi connectivity index (χ4n) is 2.58. The van der Waals surface area contributed by atoms with Crippen molar-refractivity contribution in [3.63, 3.8) is 0 Å². The molecule has 0 radical (unpaired) electrons. The summed E-state index contributed by atoms with van der Waals surface area (Å²) in [7, 11) is 0. The molecule has 126 valence electrons. The van der Waals surface area contributed by atoms with Crippen LogP contribution in [0, 0.1) is 5.41 Å². The zero-order chi connectivity index (χ0) is 17.5. The van der Waals surface area contributed by atoms with Gasteiger partial charge in [-0.3, -0.25) is 0 Å². The van der Waals surface area contributed by atoms with Crippen LogP contribution in [0.2, 0.25) is 0 Å². The number of nitrogens with two attached hydrogens (primary N) is 2. The Balaban J connectivity index is 2.56. The lowest BCUT2D eigenvalue weighted by molar-refractivity contribution is -0.336. The first kappa shape index (κ1) is 17.6. The number of hydrogen-bond acceptors (Lipinski definition) is 2. The summed E-state index contributed by atoms with van der Waals surface area (Å²) in [4.78, 5) is 0. The molecule has 0 atom stereocenters. The summed E-state index contributed by atoms with van der Waals surface area (Å²) in [6.45, 7) is 0. The Bertz CT molecular complexity index is 612. The predicted molar refractivity (Wildman–Crippen MR) is 73.0 cm³/mol. The van der Waals surface area contributed by atoms with Gasteiger partial charge in [-0.15, -0.1) is 0 Å². The van der Waals surface area contributed by atoms with Crippen LogP contribution in [-0.4, -0.2) is 18.0 Å². The zero-order valence-electron chi connectivity index (χ0n) is 11.7. The number of halogens is 6. The smallest absolute Gasteiger partial charge is 0.309 e. The van der Waals surface area contributed by atoms with Crippen molar-refractivity contribution in [3.8, 4) is 0 Å². The summed E-state index contributed by atoms with van der Waals surface area (Å²) >= 11 is 0. The molecule has 0 bridgehead atoms. The van der Waals surface area contributed by atoms with Gasteiger partial charge >= 0.3 is 12.4 Å². The maximum absolute atomic E-state index is 13.3. The first-order valence-electron chi connectivity index (χ1n) is 6.57. The van der Waals surface area contributed by atoms with E-state index in [4.69, 9.17) is 11.5 Å². The third-order valence-corrected chi connectivity index (χ3v) is 3.80. The van der Waals surface area contributed by atoms with Crippen molar-refractivity contribution in [2.24, 2.45) is 16.9 Å². The molecule has 1 aromatic rings. The summed E-state index contributed by atoms with van der Waals surface area (Å²) in [5, 5.41) is 0. The second kappa shape index (κ2) is 5.38. The molecule has 2 nitrogen and oxygen atoms in total. The molecule has 2 rings (SSSR count). The highest BCUT2D eigenvalue weighted by Crippen LogP contribution is 2.57. The van der Waals surface area contributed by atoms with E-state index in [1.807, 2.05) is 0 Å². The number of rotatable bonds is 2. The van der Waals surface area contributed by atoms with Gasteiger partial charge in [0, 0.05) is 0 Å². The fourth-order valence-corrected chi connectivity index (χ4v) is 2.58. The average molecular weight is 336 g/mol. The first-order chi connectivity index (χ1) is 10.4. The van der Waals surface area contributed by atoms with Gasteiger partial charge in [-0.25, -0.2) is 0 Å². The summed E-state index contributed by atoms with van der Waals surface area (Å²) in [5.41, 5.74) is 3.34. The standard InChI is InChI=1S/C15H14F6N2/c16-14(17,18)12(15(19,20)21)9-11(6-7-13(12,22)23)8-10-4-2-1-3-5-10/h1-7,9H,8,22-23H2. The molecule has 1 aliphatic rings. The normalized spacial score (nSPS) is 20.3. The molecule has 1 aliphatic carbocycles. The van der Waals surface area contributed by atoms with E-state index in [2.05, 4.69) is 0 Å². The molecule has 23 heavy (non-hydrogen) atoms. The zero-order valence-corrected chi connectivity index (χ0v) is 11.7. The molecule has 0 aliphatic heterocycles. The summed E-state index contributed by atoms with van der Waals surface area (Å²) in [6, 6.07) is 8.17. The van der Waals surface area contributed by atoms with Gasteiger partial charge < -0.3 is 11.5 Å². The van der Waals surface area contributed by atoms with Gasteiger partial charge in [0.15, 0.2) is 0 Å². The van der Waals surface area contributed by atoms with Crippen LogP contribution in [0.15, 0.2) is 54.1 Å². The van der Waals surface area contributed by atoms with Crippen molar-refractivity contribution >= 4 is 0 Å². The minimum atomic E-state index is -5.69. The van der Waals surface area contributed by atoms with E-state index in [1.54, 1.807) is 30.3 Å². The Labute approximate surface area is 128 Å². The van der Waals surface area contributed by atoms with Crippen LogP contribution in [0.1, 0.15) is 5.56 Å². The molecule has 0 fully saturated rings. The molecule has 8 heteroatoms. The average Bonchev–Trinajstić information content (AvgIpc) is 2.39. The molecule has 0 aromatic heterocycles. The van der Waals surface area contributed by atoms with Gasteiger partial charge in [0.2, 0.25) is 5.41 Å². The molecule has 0 saturated carbocycles. The van der Waals surface area contributed by atoms with Crippen LogP contribution < -0.4 is 11.5 Å². The molecule has 0 amide bonds. The van der Waals surface area contributed by atoms with E-state index in [-0.39, 0.29) is 18.1 Å². The highest BCUT2D eigenvalue weighted by molar-refractivity contribution is 5.40.